The number of primary amides is 1. The summed E-state index contributed by atoms with van der Waals surface area (Å²) in [7, 11) is 4.38. The quantitative estimate of drug-likeness (QED) is 0.435. The van der Waals surface area contributed by atoms with Crippen molar-refractivity contribution in [1.82, 2.24) is 10.2 Å². The number of nitrogens with one attached hydrogen (secondary N) is 1. The van der Waals surface area contributed by atoms with Crippen molar-refractivity contribution in [2.24, 2.45) is 5.73 Å². The van der Waals surface area contributed by atoms with Gasteiger partial charge in [-0.1, -0.05) is 6.07 Å². The topological polar surface area (TPSA) is 154 Å². The van der Waals surface area contributed by atoms with Gasteiger partial charge < -0.3 is 34.8 Å². The van der Waals surface area contributed by atoms with Crippen LogP contribution in [0.1, 0.15) is 42.1 Å². The smallest absolute Gasteiger partial charge is 0.343 e. The van der Waals surface area contributed by atoms with Gasteiger partial charge in [-0.3, -0.25) is 14.5 Å². The lowest BCUT2D eigenvalue weighted by atomic mass is 9.87. The number of likely N-dealkylation sites (tertiary alicyclic amines) is 1. The van der Waals surface area contributed by atoms with Crippen molar-refractivity contribution in [3.63, 3.8) is 0 Å². The van der Waals surface area contributed by atoms with Gasteiger partial charge >= 0.3 is 5.63 Å². The van der Waals surface area contributed by atoms with Crippen LogP contribution in [0, 0.1) is 6.92 Å². The Labute approximate surface area is 209 Å². The van der Waals surface area contributed by atoms with E-state index in [1.807, 2.05) is 4.90 Å². The zero-order chi connectivity index (χ0) is 26.4. The zero-order valence-electron chi connectivity index (χ0n) is 21.0. The van der Waals surface area contributed by atoms with Crippen LogP contribution in [0.5, 0.6) is 23.0 Å². The molecule has 0 saturated carbocycles. The number of carbonyl (C=O) groups is 2. The van der Waals surface area contributed by atoms with Crippen LogP contribution in [0.15, 0.2) is 27.4 Å². The number of methoxy groups -OCH3 is 3. The van der Waals surface area contributed by atoms with Gasteiger partial charge in [0.25, 0.3) is 0 Å². The maximum absolute atomic E-state index is 13.2. The van der Waals surface area contributed by atoms with Crippen molar-refractivity contribution in [3.8, 4) is 23.0 Å². The normalized spacial score (nSPS) is 15.2. The van der Waals surface area contributed by atoms with E-state index in [1.54, 1.807) is 19.1 Å². The fourth-order valence-corrected chi connectivity index (χ4v) is 4.62. The van der Waals surface area contributed by atoms with Gasteiger partial charge in [0.05, 0.1) is 33.4 Å². The summed E-state index contributed by atoms with van der Waals surface area (Å²) in [5.74, 6) is -0.666. The highest BCUT2D eigenvalue weighted by Gasteiger charge is 2.31. The van der Waals surface area contributed by atoms with Crippen molar-refractivity contribution in [1.29, 1.82) is 0 Å². The molecular formula is C25H33N3O8. The number of aromatic hydroxyl groups is 1. The molecule has 36 heavy (non-hydrogen) atoms. The van der Waals surface area contributed by atoms with E-state index < -0.39 is 11.5 Å². The van der Waals surface area contributed by atoms with Gasteiger partial charge in [-0.15, -0.1) is 0 Å². The minimum Gasteiger partial charge on any atom is -0.507 e. The first-order valence-electron chi connectivity index (χ1n) is 11.6. The molecule has 1 aromatic heterocycles. The molecule has 1 aliphatic heterocycles. The molecule has 0 radical (unpaired) electrons. The van der Waals surface area contributed by atoms with Gasteiger partial charge in [0.1, 0.15) is 11.5 Å². The molecule has 1 atom stereocenters. The summed E-state index contributed by atoms with van der Waals surface area (Å²) in [6.45, 7) is 2.99. The lowest BCUT2D eigenvalue weighted by molar-refractivity contribution is -0.123. The van der Waals surface area contributed by atoms with Crippen molar-refractivity contribution in [3.05, 3.63) is 45.5 Å². The number of rotatable bonds is 10. The zero-order valence-corrected chi connectivity index (χ0v) is 21.0. The third kappa shape index (κ3) is 6.09. The Bertz CT molecular complexity index is 1150. The summed E-state index contributed by atoms with van der Waals surface area (Å²) in [6.07, 6.45) is 1.15. The fourth-order valence-electron chi connectivity index (χ4n) is 4.62. The molecule has 3 rings (SSSR count). The molecule has 1 aromatic carbocycles. The van der Waals surface area contributed by atoms with E-state index in [9.17, 15) is 19.5 Å². The molecule has 2 heterocycles. The van der Waals surface area contributed by atoms with E-state index in [2.05, 4.69) is 5.32 Å². The van der Waals surface area contributed by atoms with Crippen LogP contribution >= 0.6 is 0 Å². The Balaban J connectivity index is 1.93. The number of benzene rings is 1. The maximum atomic E-state index is 13.2. The summed E-state index contributed by atoms with van der Waals surface area (Å²) >= 11 is 0. The Morgan fingerprint density at radius 2 is 1.83 bits per heavy atom. The Hall–Kier alpha value is -3.73. The second kappa shape index (κ2) is 11.8. The molecule has 1 fully saturated rings. The van der Waals surface area contributed by atoms with Crippen molar-refractivity contribution < 1.29 is 33.3 Å². The minimum atomic E-state index is -0.897. The standard InChI is InChI=1S/C25H33N3O8/c1-14-11-18(29)22(25(32)36-14)17(16-5-6-19(33-2)24(35-4)23(16)34-3)12-21(31)27-15-7-9-28(10-8-15)13-20(26)30/h5-6,11,15,17,29H,7-10,12-13H2,1-4H3,(H2,26,30)(H,27,31)/t17-/m1/s1. The SMILES string of the molecule is COc1ccc([C@@H](CC(=O)NC2CCN(CC(N)=O)CC2)c2c(O)cc(C)oc2=O)c(OC)c1OC. The Morgan fingerprint density at radius 3 is 2.39 bits per heavy atom. The highest BCUT2D eigenvalue weighted by molar-refractivity contribution is 5.79. The van der Waals surface area contributed by atoms with Gasteiger partial charge in [0, 0.05) is 43.1 Å². The van der Waals surface area contributed by atoms with E-state index in [4.69, 9.17) is 24.4 Å². The largest absolute Gasteiger partial charge is 0.507 e. The molecule has 2 amide bonds. The number of aryl methyl sites for hydroxylation is 1. The molecule has 2 aromatic rings. The van der Waals surface area contributed by atoms with Gasteiger partial charge in [-0.05, 0) is 25.8 Å². The lowest BCUT2D eigenvalue weighted by Crippen LogP contribution is -2.47. The van der Waals surface area contributed by atoms with Crippen LogP contribution in [0.4, 0.5) is 0 Å². The molecule has 11 nitrogen and oxygen atoms in total. The van der Waals surface area contributed by atoms with Crippen LogP contribution in [-0.4, -0.2) is 68.8 Å². The second-order valence-electron chi connectivity index (χ2n) is 8.71. The molecule has 0 spiro atoms. The van der Waals surface area contributed by atoms with Gasteiger partial charge in [0.2, 0.25) is 17.6 Å². The Kier molecular flexibility index (Phi) is 8.81. The monoisotopic (exact) mass is 503 g/mol. The van der Waals surface area contributed by atoms with Crippen LogP contribution in [0.2, 0.25) is 0 Å². The summed E-state index contributed by atoms with van der Waals surface area (Å²) in [5, 5.41) is 13.7. The fraction of sp³-hybridized carbons (Fsp3) is 0.480. The highest BCUT2D eigenvalue weighted by atomic mass is 16.5. The predicted molar refractivity (Wildman–Crippen MR) is 131 cm³/mol. The van der Waals surface area contributed by atoms with E-state index in [-0.39, 0.29) is 53.6 Å². The van der Waals surface area contributed by atoms with E-state index >= 15 is 0 Å². The summed E-state index contributed by atoms with van der Waals surface area (Å²) in [6, 6.07) is 4.54. The number of nitrogens with two attached hydrogens (primary N) is 1. The Morgan fingerprint density at radius 1 is 1.17 bits per heavy atom. The molecule has 0 aliphatic carbocycles. The molecular weight excluding hydrogens is 470 g/mol. The molecule has 4 N–H and O–H groups in total. The number of nitrogens with zero attached hydrogens (tertiary/aromatic N) is 1. The third-order valence-electron chi connectivity index (χ3n) is 6.27. The predicted octanol–water partition coefficient (Wildman–Crippen LogP) is 1.27. The summed E-state index contributed by atoms with van der Waals surface area (Å²) < 4.78 is 21.7. The number of ether oxygens (including phenoxy) is 3. The highest BCUT2D eigenvalue weighted by Crippen LogP contribution is 2.45. The summed E-state index contributed by atoms with van der Waals surface area (Å²) in [5.41, 5.74) is 4.92. The van der Waals surface area contributed by atoms with E-state index in [0.717, 1.165) is 0 Å². The number of hydrogen-bond donors (Lipinski definition) is 3. The van der Waals surface area contributed by atoms with E-state index in [1.165, 1.54) is 27.4 Å². The van der Waals surface area contributed by atoms with Gasteiger partial charge in [-0.25, -0.2) is 4.79 Å². The maximum Gasteiger partial charge on any atom is 0.343 e. The number of piperidine rings is 1. The molecule has 196 valence electrons. The molecule has 11 heteroatoms. The number of carbonyl (C=O) groups excluding carboxylic acids is 2. The van der Waals surface area contributed by atoms with E-state index in [0.29, 0.717) is 43.0 Å². The molecule has 1 saturated heterocycles. The average molecular weight is 504 g/mol. The van der Waals surface area contributed by atoms with Crippen molar-refractivity contribution in [2.45, 2.75) is 38.1 Å². The molecule has 1 aliphatic rings. The van der Waals surface area contributed by atoms with Crippen molar-refractivity contribution in [2.75, 3.05) is 41.0 Å². The first kappa shape index (κ1) is 26.9. The van der Waals surface area contributed by atoms with Gasteiger partial charge in [0.15, 0.2) is 11.5 Å². The van der Waals surface area contributed by atoms with Crippen LogP contribution < -0.4 is 30.9 Å². The molecule has 0 unspecified atom stereocenters. The van der Waals surface area contributed by atoms with Crippen molar-refractivity contribution >= 4 is 11.8 Å². The molecule has 0 bridgehead atoms. The first-order valence-corrected chi connectivity index (χ1v) is 11.6. The number of hydrogen-bond acceptors (Lipinski definition) is 9. The first-order chi connectivity index (χ1) is 17.2. The average Bonchev–Trinajstić information content (AvgIpc) is 2.82. The summed E-state index contributed by atoms with van der Waals surface area (Å²) in [4.78, 5) is 39.1. The lowest BCUT2D eigenvalue weighted by Gasteiger charge is -2.31. The number of amides is 2. The minimum absolute atomic E-state index is 0.0578. The van der Waals surface area contributed by atoms with Crippen LogP contribution in [0.25, 0.3) is 0 Å². The van der Waals surface area contributed by atoms with Gasteiger partial charge in [-0.2, -0.15) is 0 Å². The second-order valence-corrected chi connectivity index (χ2v) is 8.71. The van der Waals surface area contributed by atoms with Crippen LogP contribution in [0.3, 0.4) is 0 Å². The van der Waals surface area contributed by atoms with Crippen LogP contribution in [-0.2, 0) is 9.59 Å². The third-order valence-corrected chi connectivity index (χ3v) is 6.27.